The van der Waals surface area contributed by atoms with Gasteiger partial charge in [-0.25, -0.2) is 0 Å². The van der Waals surface area contributed by atoms with Crippen LogP contribution < -0.4 is 5.32 Å². The van der Waals surface area contributed by atoms with Gasteiger partial charge < -0.3 is 5.32 Å². The van der Waals surface area contributed by atoms with E-state index >= 15 is 0 Å². The lowest BCUT2D eigenvalue weighted by molar-refractivity contribution is 0.527. The number of unbranched alkanes of at least 4 members (excludes halogenated alkanes) is 1. The van der Waals surface area contributed by atoms with Gasteiger partial charge in [-0.3, -0.25) is 0 Å². The summed E-state index contributed by atoms with van der Waals surface area (Å²) in [7, 11) is 0. The monoisotopic (exact) mass is 139 g/mol. The van der Waals surface area contributed by atoms with Crippen LogP contribution >= 0.6 is 0 Å². The molecule has 1 rings (SSSR count). The molecule has 1 fully saturated rings. The Morgan fingerprint density at radius 1 is 1.40 bits per heavy atom. The number of hydrogen-bond donors (Lipinski definition) is 1. The smallest absolute Gasteiger partial charge is 0.0694 e. The predicted molar refractivity (Wildman–Crippen MR) is 44.5 cm³/mol. The van der Waals surface area contributed by atoms with Crippen molar-refractivity contribution in [1.82, 2.24) is 5.32 Å². The molecule has 0 bridgehead atoms. The van der Waals surface area contributed by atoms with Gasteiger partial charge in [0.2, 0.25) is 0 Å². The summed E-state index contributed by atoms with van der Waals surface area (Å²) in [6.45, 7) is 4.80. The zero-order valence-electron chi connectivity index (χ0n) is 6.60. The van der Waals surface area contributed by atoms with Crippen LogP contribution in [0.4, 0.5) is 0 Å². The van der Waals surface area contributed by atoms with Crippen molar-refractivity contribution in [2.24, 2.45) is 0 Å². The van der Waals surface area contributed by atoms with Crippen molar-refractivity contribution in [2.45, 2.75) is 38.1 Å². The lowest BCUT2D eigenvalue weighted by atomic mass is 10.2. The van der Waals surface area contributed by atoms with Gasteiger partial charge >= 0.3 is 0 Å². The van der Waals surface area contributed by atoms with Crippen LogP contribution in [0, 0.1) is 13.3 Å². The van der Waals surface area contributed by atoms with E-state index in [1.165, 1.54) is 25.7 Å². The Hall–Kier alpha value is -0.170. The normalized spacial score (nSPS) is 19.7. The first-order valence-electron chi connectivity index (χ1n) is 4.28. The topological polar surface area (TPSA) is 12.0 Å². The van der Waals surface area contributed by atoms with E-state index in [2.05, 4.69) is 12.2 Å². The third-order valence-electron chi connectivity index (χ3n) is 2.14. The maximum atomic E-state index is 3.68. The summed E-state index contributed by atoms with van der Waals surface area (Å²) in [4.78, 5) is 0. The van der Waals surface area contributed by atoms with Crippen LogP contribution in [0.3, 0.4) is 0 Å². The Morgan fingerprint density at radius 2 is 2.10 bits per heavy atom. The van der Waals surface area contributed by atoms with Gasteiger partial charge in [0.15, 0.2) is 0 Å². The molecular formula is C9H17N. The summed E-state index contributed by atoms with van der Waals surface area (Å²) >= 11 is 0. The summed E-state index contributed by atoms with van der Waals surface area (Å²) in [5.41, 5.74) is 0. The molecule has 1 aliphatic carbocycles. The third kappa shape index (κ3) is 2.61. The van der Waals surface area contributed by atoms with E-state index in [4.69, 9.17) is 0 Å². The Kier molecular flexibility index (Phi) is 3.66. The van der Waals surface area contributed by atoms with Crippen molar-refractivity contribution in [3.05, 3.63) is 13.3 Å². The van der Waals surface area contributed by atoms with Gasteiger partial charge in [-0.15, -0.1) is 6.92 Å². The van der Waals surface area contributed by atoms with E-state index < -0.39 is 0 Å². The van der Waals surface area contributed by atoms with E-state index in [0.717, 1.165) is 19.0 Å². The summed E-state index contributed by atoms with van der Waals surface area (Å²) in [5, 5.41) is 3.51. The molecule has 0 radical (unpaired) electrons. The highest BCUT2D eigenvalue weighted by Gasteiger charge is 2.12. The predicted octanol–water partition coefficient (Wildman–Crippen LogP) is 1.95. The molecule has 0 aromatic rings. The van der Waals surface area contributed by atoms with E-state index in [0.29, 0.717) is 0 Å². The standard InChI is InChI=1S/C9H17N/c1-2-3-8-10-9-6-4-5-7-9/h2,9-10H,1,3-8H2. The zero-order chi connectivity index (χ0) is 7.23. The minimum absolute atomic E-state index is 0.819. The van der Waals surface area contributed by atoms with Gasteiger partial charge in [0.1, 0.15) is 0 Å². The van der Waals surface area contributed by atoms with Gasteiger partial charge in [0.05, 0.1) is 6.42 Å². The second kappa shape index (κ2) is 4.62. The summed E-state index contributed by atoms with van der Waals surface area (Å²) in [6, 6.07) is 0.819. The van der Waals surface area contributed by atoms with Gasteiger partial charge in [0.25, 0.3) is 0 Å². The first-order valence-corrected chi connectivity index (χ1v) is 4.28. The van der Waals surface area contributed by atoms with Gasteiger partial charge in [0, 0.05) is 12.6 Å². The SMILES string of the molecule is [CH2-][CH+]CCNC1CCCC1. The summed E-state index contributed by atoms with van der Waals surface area (Å²) in [5.74, 6) is 0. The van der Waals surface area contributed by atoms with E-state index in [-0.39, 0.29) is 0 Å². The molecule has 0 heterocycles. The molecule has 1 heteroatoms. The van der Waals surface area contributed by atoms with E-state index in [9.17, 15) is 0 Å². The van der Waals surface area contributed by atoms with Crippen molar-refractivity contribution in [2.75, 3.05) is 6.54 Å². The molecule has 0 aromatic heterocycles. The molecule has 1 aliphatic rings. The zero-order valence-corrected chi connectivity index (χ0v) is 6.60. The first-order chi connectivity index (χ1) is 4.93. The summed E-state index contributed by atoms with van der Waals surface area (Å²) < 4.78 is 0. The molecule has 0 saturated heterocycles. The highest BCUT2D eigenvalue weighted by Crippen LogP contribution is 2.17. The third-order valence-corrected chi connectivity index (χ3v) is 2.14. The molecule has 0 aliphatic heterocycles. The largest absolute Gasteiger partial charge is 0.310 e. The van der Waals surface area contributed by atoms with Crippen LogP contribution in [0.5, 0.6) is 0 Å². The van der Waals surface area contributed by atoms with Crippen molar-refractivity contribution < 1.29 is 0 Å². The van der Waals surface area contributed by atoms with Crippen LogP contribution in [0.25, 0.3) is 0 Å². The van der Waals surface area contributed by atoms with Gasteiger partial charge in [-0.05, 0) is 12.8 Å². The van der Waals surface area contributed by atoms with Crippen LogP contribution in [0.15, 0.2) is 0 Å². The van der Waals surface area contributed by atoms with Crippen LogP contribution in [0.1, 0.15) is 32.1 Å². The Morgan fingerprint density at radius 3 is 2.70 bits per heavy atom. The Labute approximate surface area is 64.2 Å². The minimum Gasteiger partial charge on any atom is -0.310 e. The van der Waals surface area contributed by atoms with Crippen molar-refractivity contribution in [1.29, 1.82) is 0 Å². The Bertz CT molecular complexity index is 74.8. The molecule has 1 saturated carbocycles. The molecule has 0 aromatic carbocycles. The highest BCUT2D eigenvalue weighted by atomic mass is 14.9. The quantitative estimate of drug-likeness (QED) is 0.463. The fourth-order valence-electron chi connectivity index (χ4n) is 1.52. The average Bonchev–Trinajstić information content (AvgIpc) is 2.41. The van der Waals surface area contributed by atoms with E-state index in [1.54, 1.807) is 0 Å². The van der Waals surface area contributed by atoms with E-state index in [1.807, 2.05) is 6.42 Å². The van der Waals surface area contributed by atoms with Crippen molar-refractivity contribution >= 4 is 0 Å². The van der Waals surface area contributed by atoms with Crippen LogP contribution in [-0.2, 0) is 0 Å². The van der Waals surface area contributed by atoms with Crippen LogP contribution in [0.2, 0.25) is 0 Å². The fraction of sp³-hybridized carbons (Fsp3) is 0.778. The molecule has 0 spiro atoms. The number of nitrogens with one attached hydrogen (secondary N) is 1. The summed E-state index contributed by atoms with van der Waals surface area (Å²) in [6.07, 6.45) is 8.70. The van der Waals surface area contributed by atoms with Gasteiger partial charge in [-0.2, -0.15) is 0 Å². The second-order valence-electron chi connectivity index (χ2n) is 3.01. The van der Waals surface area contributed by atoms with Crippen molar-refractivity contribution in [3.63, 3.8) is 0 Å². The molecule has 1 N–H and O–H groups in total. The molecular weight excluding hydrogens is 122 g/mol. The highest BCUT2D eigenvalue weighted by molar-refractivity contribution is 4.75. The number of hydrogen-bond acceptors (Lipinski definition) is 1. The molecule has 0 atom stereocenters. The molecule has 0 amide bonds. The minimum atomic E-state index is 0.819. The van der Waals surface area contributed by atoms with Crippen LogP contribution in [-0.4, -0.2) is 12.6 Å². The maximum Gasteiger partial charge on any atom is 0.0694 e. The molecule has 1 nitrogen and oxygen atoms in total. The maximum absolute atomic E-state index is 3.68. The fourth-order valence-corrected chi connectivity index (χ4v) is 1.52. The van der Waals surface area contributed by atoms with Gasteiger partial charge in [-0.1, -0.05) is 19.3 Å². The Balaban J connectivity index is 1.91. The molecule has 58 valence electrons. The lowest BCUT2D eigenvalue weighted by Gasteiger charge is -2.08. The first kappa shape index (κ1) is 7.93. The second-order valence-corrected chi connectivity index (χ2v) is 3.01. The lowest BCUT2D eigenvalue weighted by Crippen LogP contribution is -2.26. The number of rotatable bonds is 4. The average molecular weight is 139 g/mol. The van der Waals surface area contributed by atoms with Crippen molar-refractivity contribution in [3.8, 4) is 0 Å². The molecule has 0 unspecified atom stereocenters. The molecule has 10 heavy (non-hydrogen) atoms.